The number of imidazole rings is 1. The zero-order chi connectivity index (χ0) is 23.1. The average molecular weight is 456 g/mol. The molecule has 0 fully saturated rings. The van der Waals surface area contributed by atoms with Gasteiger partial charge in [-0.1, -0.05) is 0 Å². The lowest BCUT2D eigenvalue weighted by Gasteiger charge is -2.02. The number of tetrazole rings is 1. The number of nitrogen functional groups attached to an aromatic ring is 1. The molecular weight excluding hydrogens is 441 g/mol. The summed E-state index contributed by atoms with van der Waals surface area (Å²) in [7, 11) is 0. The molecule has 5 rings (SSSR count). The number of nitrogens with zero attached hydrogens (tertiary/aromatic N) is 9. The Kier molecular flexibility index (Phi) is 4.95. The zero-order valence-electron chi connectivity index (χ0n) is 17.0. The summed E-state index contributed by atoms with van der Waals surface area (Å²) in [4.78, 5) is 9.53. The van der Waals surface area contributed by atoms with Gasteiger partial charge in [-0.3, -0.25) is 4.98 Å². The van der Waals surface area contributed by atoms with E-state index in [1.54, 1.807) is 6.07 Å². The van der Waals surface area contributed by atoms with Crippen molar-refractivity contribution in [3.63, 3.8) is 0 Å². The van der Waals surface area contributed by atoms with Gasteiger partial charge in [0, 0.05) is 18.3 Å². The number of halogens is 3. The molecule has 4 heterocycles. The summed E-state index contributed by atoms with van der Waals surface area (Å²) >= 11 is 0. The number of pyridine rings is 1. The first-order chi connectivity index (χ1) is 15.9. The number of fused-ring (bicyclic) bond motifs is 1. The first kappa shape index (κ1) is 20.5. The van der Waals surface area contributed by atoms with Gasteiger partial charge in [0.2, 0.25) is 17.7 Å². The molecule has 0 saturated heterocycles. The highest BCUT2D eigenvalue weighted by molar-refractivity contribution is 5.82. The first-order valence-corrected chi connectivity index (χ1v) is 9.73. The van der Waals surface area contributed by atoms with Crippen LogP contribution in [0.25, 0.3) is 33.9 Å². The molecule has 0 amide bonds. The van der Waals surface area contributed by atoms with E-state index in [9.17, 15) is 13.2 Å². The number of hydrogen-bond donors (Lipinski definition) is 1. The highest BCUT2D eigenvalue weighted by Crippen LogP contribution is 2.25. The fourth-order valence-electron chi connectivity index (χ4n) is 3.32. The first-order valence-electron chi connectivity index (χ1n) is 9.73. The third-order valence-corrected chi connectivity index (χ3v) is 4.89. The number of rotatable bonds is 6. The van der Waals surface area contributed by atoms with Gasteiger partial charge >= 0.3 is 6.43 Å². The van der Waals surface area contributed by atoms with Crippen molar-refractivity contribution >= 4 is 17.0 Å². The Balaban J connectivity index is 1.37. The minimum Gasteiger partial charge on any atom is -0.415 e. The van der Waals surface area contributed by atoms with E-state index in [4.69, 9.17) is 10.2 Å². The van der Waals surface area contributed by atoms with Gasteiger partial charge in [0.1, 0.15) is 12.4 Å². The second-order valence-electron chi connectivity index (χ2n) is 6.96. The van der Waals surface area contributed by atoms with Gasteiger partial charge in [-0.05, 0) is 36.4 Å². The van der Waals surface area contributed by atoms with Crippen LogP contribution in [0.5, 0.6) is 0 Å². The molecule has 33 heavy (non-hydrogen) atoms. The molecule has 0 atom stereocenters. The number of alkyl halides is 2. The molecule has 1 aromatic carbocycles. The van der Waals surface area contributed by atoms with Gasteiger partial charge in [0.05, 0.1) is 22.3 Å². The maximum Gasteiger partial charge on any atom is 0.314 e. The molecular formula is C19H15F3N10O. The predicted octanol–water partition coefficient (Wildman–Crippen LogP) is 2.86. The molecule has 2 N–H and O–H groups in total. The van der Waals surface area contributed by atoms with Crippen LogP contribution in [0.3, 0.4) is 0 Å². The van der Waals surface area contributed by atoms with Crippen molar-refractivity contribution in [1.29, 1.82) is 0 Å². The van der Waals surface area contributed by atoms with Crippen LogP contribution in [-0.2, 0) is 13.1 Å². The zero-order valence-corrected chi connectivity index (χ0v) is 17.0. The van der Waals surface area contributed by atoms with E-state index in [0.717, 1.165) is 11.6 Å². The Labute approximate surface area is 183 Å². The van der Waals surface area contributed by atoms with Gasteiger partial charge in [0.25, 0.3) is 5.89 Å². The largest absolute Gasteiger partial charge is 0.415 e. The predicted molar refractivity (Wildman–Crippen MR) is 108 cm³/mol. The normalized spacial score (nSPS) is 11.7. The minimum atomic E-state index is -2.92. The van der Waals surface area contributed by atoms with E-state index in [1.165, 1.54) is 11.0 Å². The van der Waals surface area contributed by atoms with Crippen LogP contribution >= 0.6 is 0 Å². The molecule has 0 unspecified atom stereocenters. The molecule has 0 bridgehead atoms. The summed E-state index contributed by atoms with van der Waals surface area (Å²) in [5, 5.41) is 18.9. The molecule has 0 aliphatic carbocycles. The molecule has 14 heteroatoms. The van der Waals surface area contributed by atoms with Crippen molar-refractivity contribution in [2.45, 2.75) is 26.4 Å². The average Bonchev–Trinajstić information content (AvgIpc) is 3.52. The summed E-state index contributed by atoms with van der Waals surface area (Å²) < 4.78 is 46.4. The second kappa shape index (κ2) is 7.96. The van der Waals surface area contributed by atoms with Crippen LogP contribution in [0.4, 0.5) is 19.1 Å². The molecule has 0 aliphatic heterocycles. The standard InChI is InChI=1S/C19H15F3N10O/c1-2-31-14-4-3-9(6-12(14)25-19(31)23)16-26-30-32(29-16)8-13-11(20)5-10(7-24-13)17-27-28-18(33-17)15(21)22/h3-7,15H,2,8H2,1H3,(H2,23,25). The lowest BCUT2D eigenvalue weighted by Crippen LogP contribution is -2.08. The van der Waals surface area contributed by atoms with Crippen LogP contribution < -0.4 is 5.73 Å². The third kappa shape index (κ3) is 3.75. The summed E-state index contributed by atoms with van der Waals surface area (Å²) in [6, 6.07) is 6.55. The van der Waals surface area contributed by atoms with Crippen LogP contribution in [0.15, 0.2) is 34.9 Å². The molecule has 4 aromatic heterocycles. The van der Waals surface area contributed by atoms with E-state index >= 15 is 0 Å². The smallest absolute Gasteiger partial charge is 0.314 e. The Morgan fingerprint density at radius 3 is 2.70 bits per heavy atom. The second-order valence-corrected chi connectivity index (χ2v) is 6.96. The summed E-state index contributed by atoms with van der Waals surface area (Å²) in [6.07, 6.45) is -1.68. The van der Waals surface area contributed by atoms with E-state index in [2.05, 4.69) is 35.6 Å². The number of hydrogen-bond acceptors (Lipinski definition) is 9. The fraction of sp³-hybridized carbons (Fsp3) is 0.211. The van der Waals surface area contributed by atoms with Crippen LogP contribution in [0, 0.1) is 5.82 Å². The molecule has 0 spiro atoms. The quantitative estimate of drug-likeness (QED) is 0.408. The van der Waals surface area contributed by atoms with Gasteiger partial charge < -0.3 is 14.7 Å². The molecule has 0 radical (unpaired) electrons. The van der Waals surface area contributed by atoms with E-state index < -0.39 is 18.1 Å². The van der Waals surface area contributed by atoms with Crippen LogP contribution in [0.2, 0.25) is 0 Å². The molecule has 0 aliphatic rings. The monoisotopic (exact) mass is 456 g/mol. The maximum absolute atomic E-state index is 14.6. The number of aryl methyl sites for hydroxylation is 1. The minimum absolute atomic E-state index is 0.0150. The highest BCUT2D eigenvalue weighted by Gasteiger charge is 2.19. The van der Waals surface area contributed by atoms with Gasteiger partial charge in [-0.2, -0.15) is 13.6 Å². The van der Waals surface area contributed by atoms with E-state index in [-0.39, 0.29) is 23.7 Å². The Morgan fingerprint density at radius 1 is 1.12 bits per heavy atom. The molecule has 5 aromatic rings. The third-order valence-electron chi connectivity index (χ3n) is 4.89. The van der Waals surface area contributed by atoms with Crippen molar-refractivity contribution in [2.24, 2.45) is 0 Å². The molecule has 168 valence electrons. The SMILES string of the molecule is CCn1c(N)nc2cc(-c3nnn(Cc4ncc(-c5nnc(C(F)F)o5)cc4F)n3)ccc21. The fourth-order valence-corrected chi connectivity index (χ4v) is 3.32. The van der Waals surface area contributed by atoms with Crippen molar-refractivity contribution in [2.75, 3.05) is 5.73 Å². The van der Waals surface area contributed by atoms with E-state index in [1.807, 2.05) is 23.6 Å². The number of anilines is 1. The van der Waals surface area contributed by atoms with Crippen molar-refractivity contribution in [3.8, 4) is 22.8 Å². The Bertz CT molecular complexity index is 1460. The lowest BCUT2D eigenvalue weighted by molar-refractivity contribution is 0.116. The van der Waals surface area contributed by atoms with Crippen molar-refractivity contribution < 1.29 is 17.6 Å². The number of benzene rings is 1. The summed E-state index contributed by atoms with van der Waals surface area (Å²) in [5.74, 6) is -1.09. The number of nitrogens with two attached hydrogens (primary N) is 1. The Morgan fingerprint density at radius 2 is 1.97 bits per heavy atom. The topological polar surface area (TPSA) is 139 Å². The lowest BCUT2D eigenvalue weighted by atomic mass is 10.2. The summed E-state index contributed by atoms with van der Waals surface area (Å²) in [6.45, 7) is 2.55. The molecule has 0 saturated carbocycles. The highest BCUT2D eigenvalue weighted by atomic mass is 19.3. The van der Waals surface area contributed by atoms with Crippen molar-refractivity contribution in [3.05, 3.63) is 47.9 Å². The van der Waals surface area contributed by atoms with Crippen LogP contribution in [-0.4, -0.2) is 44.9 Å². The summed E-state index contributed by atoms with van der Waals surface area (Å²) in [5.41, 5.74) is 8.28. The number of aromatic nitrogens is 9. The maximum atomic E-state index is 14.6. The van der Waals surface area contributed by atoms with Gasteiger partial charge in [0.15, 0.2) is 0 Å². The molecule has 11 nitrogen and oxygen atoms in total. The Hall–Kier alpha value is -4.36. The van der Waals surface area contributed by atoms with Crippen molar-refractivity contribution in [1.82, 2.24) is 44.9 Å². The van der Waals surface area contributed by atoms with Gasteiger partial charge in [-0.15, -0.1) is 20.4 Å². The van der Waals surface area contributed by atoms with Crippen LogP contribution in [0.1, 0.15) is 24.9 Å². The van der Waals surface area contributed by atoms with E-state index in [0.29, 0.717) is 29.4 Å². The van der Waals surface area contributed by atoms with Gasteiger partial charge in [-0.25, -0.2) is 9.37 Å².